The Morgan fingerprint density at radius 2 is 1.75 bits per heavy atom. The van der Waals surface area contributed by atoms with Crippen LogP contribution in [0.2, 0.25) is 18.1 Å². The lowest BCUT2D eigenvalue weighted by Crippen LogP contribution is -2.65. The van der Waals surface area contributed by atoms with Crippen molar-refractivity contribution in [1.29, 1.82) is 0 Å². The van der Waals surface area contributed by atoms with Crippen molar-refractivity contribution in [2.24, 2.45) is 11.8 Å². The first-order valence-electron chi connectivity index (χ1n) is 18.8. The van der Waals surface area contributed by atoms with Gasteiger partial charge in [-0.3, -0.25) is 14.5 Å². The Hall–Kier alpha value is -2.58. The molecule has 10 nitrogen and oxygen atoms in total. The molecule has 2 aromatic rings. The third kappa shape index (κ3) is 6.82. The average Bonchev–Trinajstić information content (AvgIpc) is 3.47. The van der Waals surface area contributed by atoms with E-state index in [4.69, 9.17) is 18.4 Å². The topological polar surface area (TPSA) is 123 Å². The van der Waals surface area contributed by atoms with Gasteiger partial charge < -0.3 is 28.8 Å². The number of carbonyl (C=O) groups is 2. The molecule has 0 spiro atoms. The summed E-state index contributed by atoms with van der Waals surface area (Å²) in [6.07, 6.45) is 3.73. The van der Waals surface area contributed by atoms with Crippen LogP contribution in [0.15, 0.2) is 20.3 Å². The monoisotopic (exact) mass is 805 g/mol. The van der Waals surface area contributed by atoms with Crippen LogP contribution in [0.3, 0.4) is 0 Å². The first-order valence-corrected chi connectivity index (χ1v) is 22.5. The Labute approximate surface area is 317 Å². The molecule has 0 aliphatic heterocycles. The number of ether oxygens (including phenoxy) is 2. The van der Waals surface area contributed by atoms with Crippen LogP contribution in [-0.4, -0.2) is 74.0 Å². The van der Waals surface area contributed by atoms with E-state index >= 15 is 14.0 Å². The van der Waals surface area contributed by atoms with Crippen LogP contribution in [-0.2, 0) is 17.4 Å². The molecule has 3 aliphatic carbocycles. The molecule has 1 aromatic carbocycles. The zero-order valence-corrected chi connectivity index (χ0v) is 35.3. The van der Waals surface area contributed by atoms with Gasteiger partial charge in [-0.1, -0.05) is 61.3 Å². The van der Waals surface area contributed by atoms with Crippen LogP contribution < -0.4 is 14.8 Å². The quantitative estimate of drug-likeness (QED) is 0.141. The summed E-state index contributed by atoms with van der Waals surface area (Å²) in [5.41, 5.74) is -0.728. The van der Waals surface area contributed by atoms with Gasteiger partial charge in [-0.2, -0.15) is 0 Å². The average molecular weight is 807 g/mol. The molecule has 0 fully saturated rings. The van der Waals surface area contributed by atoms with Gasteiger partial charge in [0, 0.05) is 29.6 Å². The second-order valence-corrected chi connectivity index (χ2v) is 22.1. The van der Waals surface area contributed by atoms with Crippen LogP contribution in [0.5, 0.6) is 11.6 Å². The van der Waals surface area contributed by atoms with E-state index in [1.165, 1.54) is 0 Å². The number of ketones is 2. The highest BCUT2D eigenvalue weighted by Gasteiger charge is 2.67. The fourth-order valence-corrected chi connectivity index (χ4v) is 9.63. The van der Waals surface area contributed by atoms with Gasteiger partial charge in [-0.15, -0.1) is 0 Å². The fraction of sp³-hybridized carbons (Fsp3) is 0.667. The summed E-state index contributed by atoms with van der Waals surface area (Å²) in [7, 11) is 0.909. The second kappa shape index (κ2) is 15.3. The van der Waals surface area contributed by atoms with Crippen LogP contribution in [0.25, 0.3) is 0 Å². The molecule has 3 aliphatic rings. The first kappa shape index (κ1) is 40.6. The number of nitrogens with one attached hydrogen (secondary N) is 1. The highest BCUT2D eigenvalue weighted by molar-refractivity contribution is 9.10. The number of halogens is 2. The number of unbranched alkanes of at least 4 members (excludes halogenated alkanes) is 2. The molecule has 5 rings (SSSR count). The first-order chi connectivity index (χ1) is 24.3. The lowest BCUT2D eigenvalue weighted by molar-refractivity contribution is -0.0480. The largest absolute Gasteiger partial charge is 0.508 e. The molecule has 4 atom stereocenters. The van der Waals surface area contributed by atoms with E-state index < -0.39 is 49.2 Å². The van der Waals surface area contributed by atoms with Gasteiger partial charge >= 0.3 is 0 Å². The summed E-state index contributed by atoms with van der Waals surface area (Å²) >= 11 is 3.53. The maximum Gasteiger partial charge on any atom is 0.265 e. The Morgan fingerprint density at radius 1 is 1.12 bits per heavy atom. The molecule has 0 radical (unpaired) electrons. The number of benzene rings is 1. The number of hydrogen-bond acceptors (Lipinski definition) is 10. The van der Waals surface area contributed by atoms with Gasteiger partial charge in [-0.05, 0) is 90.5 Å². The van der Waals surface area contributed by atoms with Crippen LogP contribution in [0, 0.1) is 17.7 Å². The number of aliphatic hydroxyl groups is 1. The number of rotatable bonds is 14. The Bertz CT molecular complexity index is 1730. The van der Waals surface area contributed by atoms with Gasteiger partial charge in [-0.25, -0.2) is 4.39 Å². The predicted octanol–water partition coefficient (Wildman–Crippen LogP) is 8.88. The molecular formula is C39H57BrFN3O7Si. The fourth-order valence-electron chi connectivity index (χ4n) is 7.58. The van der Waals surface area contributed by atoms with Crippen molar-refractivity contribution in [1.82, 2.24) is 15.4 Å². The lowest BCUT2D eigenvalue weighted by Gasteiger charge is -2.55. The summed E-state index contributed by atoms with van der Waals surface area (Å²) in [6, 6.07) is -0.515. The van der Waals surface area contributed by atoms with Crippen molar-refractivity contribution in [3.8, 4) is 11.6 Å². The van der Waals surface area contributed by atoms with E-state index in [0.29, 0.717) is 31.0 Å². The van der Waals surface area contributed by atoms with Gasteiger partial charge in [0.1, 0.15) is 22.9 Å². The van der Waals surface area contributed by atoms with E-state index in [1.807, 2.05) is 59.8 Å². The molecule has 0 saturated heterocycles. The highest BCUT2D eigenvalue weighted by atomic mass is 79.9. The molecule has 0 bridgehead atoms. The lowest BCUT2D eigenvalue weighted by atomic mass is 9.58. The number of allylic oxidation sites excluding steroid dienone is 1. The molecule has 52 heavy (non-hydrogen) atoms. The number of nitrogens with zero attached hydrogens (tertiary/aromatic N) is 2. The van der Waals surface area contributed by atoms with Crippen molar-refractivity contribution in [3.05, 3.63) is 49.6 Å². The smallest absolute Gasteiger partial charge is 0.265 e. The highest BCUT2D eigenvalue weighted by Crippen LogP contribution is 2.60. The molecule has 0 amide bonds. The number of aliphatic hydroxyl groups excluding tert-OH is 1. The van der Waals surface area contributed by atoms with Crippen molar-refractivity contribution >= 4 is 35.8 Å². The number of Topliss-reactive ketones (excluding diaryl/α,β-unsaturated/α-hetero) is 2. The number of carbonyl (C=O) groups excluding carboxylic acids is 2. The Kier molecular flexibility index (Phi) is 11.9. The van der Waals surface area contributed by atoms with Gasteiger partial charge in [0.25, 0.3) is 5.88 Å². The standard InChI is InChI=1S/C39H57BrFN3O7Si/c1-12-14-16-48-33-24(20-42-21(3)4)30(41)29(40)23-18-22-19-25-31(44(8)9)34-28(37(43-50-34)49-17-15-13-2)36(47)39(25,51-52(10,11)38(5,6)7)35(46)26(22)32(45)27(23)33/h21-22,25,31,42,46H,12-20H2,1-11H3/t22-,25-,31-,39-/m0/s1. The molecular weight excluding hydrogens is 749 g/mol. The minimum Gasteiger partial charge on any atom is -0.508 e. The van der Waals surface area contributed by atoms with Gasteiger partial charge in [0.15, 0.2) is 25.5 Å². The molecule has 0 unspecified atom stereocenters. The van der Waals surface area contributed by atoms with E-state index in [-0.39, 0.29) is 74.6 Å². The van der Waals surface area contributed by atoms with Crippen molar-refractivity contribution < 1.29 is 37.5 Å². The maximum absolute atomic E-state index is 16.3. The SMILES string of the molecule is CCCCOc1noc2c1C(=O)[C@@]1(O[Si](C)(C)C(C)(C)C)C(O)=C3C(=O)c4c(c(Br)c(F)c(CNC(C)C)c4OCCCC)C[C@H]3C[C@H]1[C@@H]2N(C)C. The second-order valence-electron chi connectivity index (χ2n) is 16.6. The van der Waals surface area contributed by atoms with E-state index in [1.54, 1.807) is 0 Å². The van der Waals surface area contributed by atoms with Crippen LogP contribution in [0.4, 0.5) is 4.39 Å². The summed E-state index contributed by atoms with van der Waals surface area (Å²) in [6.45, 7) is 19.1. The third-order valence-corrected chi connectivity index (χ3v) is 16.6. The summed E-state index contributed by atoms with van der Waals surface area (Å²) < 4.78 is 42.0. The van der Waals surface area contributed by atoms with Crippen LogP contribution in [0.1, 0.15) is 124 Å². The molecule has 288 valence electrons. The predicted molar refractivity (Wildman–Crippen MR) is 204 cm³/mol. The van der Waals surface area contributed by atoms with E-state index in [0.717, 1.165) is 19.3 Å². The number of fused-ring (bicyclic) bond motifs is 4. The summed E-state index contributed by atoms with van der Waals surface area (Å²) in [4.78, 5) is 32.4. The molecule has 1 aromatic heterocycles. The van der Waals surface area contributed by atoms with Crippen LogP contribution >= 0.6 is 15.9 Å². The number of hydrogen-bond donors (Lipinski definition) is 2. The van der Waals surface area contributed by atoms with Gasteiger partial charge in [0.05, 0.1) is 29.3 Å². The number of aromatic nitrogens is 1. The minimum absolute atomic E-state index is 0.0484. The van der Waals surface area contributed by atoms with Crippen molar-refractivity contribution in [3.63, 3.8) is 0 Å². The van der Waals surface area contributed by atoms with Gasteiger partial charge in [0.2, 0.25) is 5.78 Å². The maximum atomic E-state index is 16.3. The summed E-state index contributed by atoms with van der Waals surface area (Å²) in [5.74, 6) is -2.50. The molecule has 0 saturated carbocycles. The third-order valence-electron chi connectivity index (χ3n) is 11.4. The minimum atomic E-state index is -2.86. The Balaban J connectivity index is 1.80. The summed E-state index contributed by atoms with van der Waals surface area (Å²) in [5, 5.41) is 20.0. The van der Waals surface area contributed by atoms with E-state index in [9.17, 15) is 5.11 Å². The zero-order chi connectivity index (χ0) is 38.5. The Morgan fingerprint density at radius 3 is 2.33 bits per heavy atom. The van der Waals surface area contributed by atoms with Crippen molar-refractivity contribution in [2.45, 2.75) is 129 Å². The van der Waals surface area contributed by atoms with Crippen molar-refractivity contribution in [2.75, 3.05) is 27.3 Å². The zero-order valence-electron chi connectivity index (χ0n) is 32.7. The normalized spacial score (nSPS) is 23.2. The molecule has 13 heteroatoms. The molecule has 1 heterocycles. The molecule has 2 N–H and O–H groups in total. The van der Waals surface area contributed by atoms with E-state index in [2.05, 4.69) is 47.2 Å².